The number of nitrogens with zero attached hydrogens (tertiary/aromatic N) is 1. The quantitative estimate of drug-likeness (QED) is 0.756. The third kappa shape index (κ3) is 2.46. The Bertz CT molecular complexity index is 715. The van der Waals surface area contributed by atoms with E-state index in [1.807, 2.05) is 6.07 Å². The number of hydrogen-bond acceptors (Lipinski definition) is 1. The number of likely N-dealkylation sites (N-methyl/N-ethyl adjacent to an activating group) is 1. The van der Waals surface area contributed by atoms with Crippen LogP contribution >= 0.6 is 0 Å². The van der Waals surface area contributed by atoms with Crippen LogP contribution in [0.25, 0.3) is 11.1 Å². The zero-order chi connectivity index (χ0) is 15.0. The lowest BCUT2D eigenvalue weighted by Gasteiger charge is -2.32. The van der Waals surface area contributed by atoms with Crippen LogP contribution in [0.5, 0.6) is 0 Å². The molecule has 0 spiro atoms. The lowest BCUT2D eigenvalue weighted by atomic mass is 9.87. The van der Waals surface area contributed by atoms with E-state index >= 15 is 0 Å². The van der Waals surface area contributed by atoms with Crippen molar-refractivity contribution in [2.45, 2.75) is 20.3 Å². The number of fused-ring (bicyclic) bond motifs is 1. The number of allylic oxidation sites excluding steroid dienone is 1. The Kier molecular flexibility index (Phi) is 3.54. The van der Waals surface area contributed by atoms with Crippen molar-refractivity contribution >= 4 is 16.8 Å². The number of benzene rings is 2. The summed E-state index contributed by atoms with van der Waals surface area (Å²) >= 11 is 0. The van der Waals surface area contributed by atoms with Crippen molar-refractivity contribution in [1.82, 2.24) is 0 Å². The second kappa shape index (κ2) is 5.36. The smallest absolute Gasteiger partial charge is 0.123 e. The van der Waals surface area contributed by atoms with Crippen LogP contribution in [0.2, 0.25) is 0 Å². The van der Waals surface area contributed by atoms with Crippen LogP contribution in [0.3, 0.4) is 0 Å². The molecule has 2 aromatic carbocycles. The van der Waals surface area contributed by atoms with Gasteiger partial charge in [-0.1, -0.05) is 30.7 Å². The van der Waals surface area contributed by atoms with Crippen LogP contribution in [0.15, 0.2) is 42.5 Å². The zero-order valence-corrected chi connectivity index (χ0v) is 12.8. The summed E-state index contributed by atoms with van der Waals surface area (Å²) in [5.41, 5.74) is 7.36. The van der Waals surface area contributed by atoms with Crippen LogP contribution in [-0.2, 0) is 0 Å². The molecule has 1 nitrogen and oxygen atoms in total. The first-order chi connectivity index (χ1) is 10.1. The molecule has 0 aliphatic carbocycles. The first-order valence-electron chi connectivity index (χ1n) is 7.40. The van der Waals surface area contributed by atoms with Crippen molar-refractivity contribution in [3.8, 4) is 0 Å². The largest absolute Gasteiger partial charge is 0.370 e. The van der Waals surface area contributed by atoms with Crippen LogP contribution < -0.4 is 4.90 Å². The molecule has 1 heterocycles. The van der Waals surface area contributed by atoms with Gasteiger partial charge in [-0.2, -0.15) is 0 Å². The van der Waals surface area contributed by atoms with Gasteiger partial charge in [-0.25, -0.2) is 4.39 Å². The average Bonchev–Trinajstić information content (AvgIpc) is 2.46. The predicted octanol–water partition coefficient (Wildman–Crippen LogP) is 4.90. The fraction of sp³-hybridized carbons (Fsp3) is 0.263. The van der Waals surface area contributed by atoms with E-state index in [1.54, 1.807) is 12.1 Å². The Morgan fingerprint density at radius 3 is 2.67 bits per heavy atom. The molecular formula is C19H20FN. The second-order valence-electron chi connectivity index (χ2n) is 5.70. The van der Waals surface area contributed by atoms with Crippen LogP contribution in [0.1, 0.15) is 30.0 Å². The summed E-state index contributed by atoms with van der Waals surface area (Å²) < 4.78 is 13.6. The number of aryl methyl sites for hydroxylation is 1. The van der Waals surface area contributed by atoms with Gasteiger partial charge in [0.2, 0.25) is 0 Å². The predicted molar refractivity (Wildman–Crippen MR) is 88.0 cm³/mol. The fourth-order valence-corrected chi connectivity index (χ4v) is 3.15. The lowest BCUT2D eigenvalue weighted by molar-refractivity contribution is 0.627. The summed E-state index contributed by atoms with van der Waals surface area (Å²) in [4.78, 5) is 2.24. The van der Waals surface area contributed by atoms with Gasteiger partial charge in [0.25, 0.3) is 0 Å². The molecule has 2 heteroatoms. The van der Waals surface area contributed by atoms with E-state index in [0.29, 0.717) is 0 Å². The number of anilines is 1. The van der Waals surface area contributed by atoms with Crippen molar-refractivity contribution in [1.29, 1.82) is 0 Å². The molecule has 0 unspecified atom stereocenters. The molecule has 0 fully saturated rings. The van der Waals surface area contributed by atoms with Gasteiger partial charge in [0.15, 0.2) is 0 Å². The zero-order valence-electron chi connectivity index (χ0n) is 12.8. The first kappa shape index (κ1) is 13.9. The highest BCUT2D eigenvalue weighted by atomic mass is 19.1. The standard InChI is InChI=1S/C19H20FN/c1-4-16-17-10-13(2)8-9-19(17)21(3)12-18(16)14-6-5-7-15(20)11-14/h5-11H,4,12H2,1-3H3. The second-order valence-corrected chi connectivity index (χ2v) is 5.70. The number of hydrogen-bond donors (Lipinski definition) is 0. The molecule has 2 aromatic rings. The molecule has 1 aliphatic rings. The minimum Gasteiger partial charge on any atom is -0.370 e. The van der Waals surface area contributed by atoms with Gasteiger partial charge in [0.1, 0.15) is 5.82 Å². The van der Waals surface area contributed by atoms with Crippen molar-refractivity contribution in [3.63, 3.8) is 0 Å². The number of halogens is 1. The summed E-state index contributed by atoms with van der Waals surface area (Å²) in [5, 5.41) is 0. The van der Waals surface area contributed by atoms with Crippen molar-refractivity contribution in [2.75, 3.05) is 18.5 Å². The van der Waals surface area contributed by atoms with Gasteiger partial charge >= 0.3 is 0 Å². The summed E-state index contributed by atoms with van der Waals surface area (Å²) in [5.74, 6) is -0.173. The van der Waals surface area contributed by atoms with E-state index in [-0.39, 0.29) is 5.82 Å². The van der Waals surface area contributed by atoms with E-state index in [4.69, 9.17) is 0 Å². The Labute approximate surface area is 125 Å². The van der Waals surface area contributed by atoms with Crippen LogP contribution in [0.4, 0.5) is 10.1 Å². The van der Waals surface area contributed by atoms with Crippen LogP contribution in [-0.4, -0.2) is 13.6 Å². The average molecular weight is 281 g/mol. The summed E-state index contributed by atoms with van der Waals surface area (Å²) in [7, 11) is 2.10. The van der Waals surface area contributed by atoms with Gasteiger partial charge < -0.3 is 4.90 Å². The van der Waals surface area contributed by atoms with E-state index in [9.17, 15) is 4.39 Å². The minimum absolute atomic E-state index is 0.173. The van der Waals surface area contributed by atoms with Gasteiger partial charge in [-0.3, -0.25) is 0 Å². The molecule has 0 radical (unpaired) electrons. The van der Waals surface area contributed by atoms with Gasteiger partial charge in [0, 0.05) is 24.8 Å². The highest BCUT2D eigenvalue weighted by molar-refractivity contribution is 5.98. The molecule has 0 saturated carbocycles. The summed E-state index contributed by atoms with van der Waals surface area (Å²) in [6.45, 7) is 5.11. The van der Waals surface area contributed by atoms with E-state index in [1.165, 1.54) is 34.0 Å². The fourth-order valence-electron chi connectivity index (χ4n) is 3.15. The molecule has 0 N–H and O–H groups in total. The first-order valence-corrected chi connectivity index (χ1v) is 7.40. The Hall–Kier alpha value is -2.09. The Balaban J connectivity index is 2.23. The summed E-state index contributed by atoms with van der Waals surface area (Å²) in [6, 6.07) is 13.5. The third-order valence-electron chi connectivity index (χ3n) is 4.17. The third-order valence-corrected chi connectivity index (χ3v) is 4.17. The normalized spacial score (nSPS) is 14.4. The molecule has 1 aliphatic heterocycles. The molecular weight excluding hydrogens is 261 g/mol. The molecule has 108 valence electrons. The van der Waals surface area contributed by atoms with E-state index in [0.717, 1.165) is 18.5 Å². The molecule has 0 bridgehead atoms. The molecule has 0 atom stereocenters. The summed E-state index contributed by atoms with van der Waals surface area (Å²) in [6.07, 6.45) is 0.955. The lowest BCUT2D eigenvalue weighted by Crippen LogP contribution is -2.25. The van der Waals surface area contributed by atoms with Crippen molar-refractivity contribution in [3.05, 3.63) is 65.0 Å². The maximum absolute atomic E-state index is 13.6. The molecule has 0 saturated heterocycles. The number of rotatable bonds is 2. The molecule has 0 aromatic heterocycles. The van der Waals surface area contributed by atoms with Gasteiger partial charge in [0.05, 0.1) is 0 Å². The highest BCUT2D eigenvalue weighted by Gasteiger charge is 2.22. The van der Waals surface area contributed by atoms with Crippen molar-refractivity contribution in [2.24, 2.45) is 0 Å². The van der Waals surface area contributed by atoms with Crippen LogP contribution in [0, 0.1) is 12.7 Å². The molecule has 0 amide bonds. The molecule has 3 rings (SSSR count). The maximum Gasteiger partial charge on any atom is 0.123 e. The van der Waals surface area contributed by atoms with Gasteiger partial charge in [-0.15, -0.1) is 0 Å². The minimum atomic E-state index is -0.173. The molecule has 21 heavy (non-hydrogen) atoms. The SMILES string of the molecule is CCC1=C(c2cccc(F)c2)CN(C)c2ccc(C)cc21. The maximum atomic E-state index is 13.6. The van der Waals surface area contributed by atoms with E-state index < -0.39 is 0 Å². The Morgan fingerprint density at radius 2 is 1.95 bits per heavy atom. The topological polar surface area (TPSA) is 3.24 Å². The monoisotopic (exact) mass is 281 g/mol. The highest BCUT2D eigenvalue weighted by Crippen LogP contribution is 2.40. The van der Waals surface area contributed by atoms with E-state index in [2.05, 4.69) is 44.0 Å². The van der Waals surface area contributed by atoms with Gasteiger partial charge in [-0.05, 0) is 54.3 Å². The Morgan fingerprint density at radius 1 is 1.14 bits per heavy atom. The van der Waals surface area contributed by atoms with Crippen molar-refractivity contribution < 1.29 is 4.39 Å².